The molecule has 1 aromatic carbocycles. The molecule has 0 aliphatic heterocycles. The van der Waals surface area contributed by atoms with Crippen molar-refractivity contribution in [2.75, 3.05) is 11.9 Å². The number of nitrogens with zero attached hydrogens (tertiary/aromatic N) is 7. The molecule has 5 aromatic rings. The molecule has 2 N–H and O–H groups in total. The summed E-state index contributed by atoms with van der Waals surface area (Å²) in [6, 6.07) is 14.2. The molecule has 0 amide bonds. The number of benzene rings is 1. The zero-order valence-electron chi connectivity index (χ0n) is 19.0. The van der Waals surface area contributed by atoms with E-state index in [2.05, 4.69) is 30.6 Å². The highest BCUT2D eigenvalue weighted by Crippen LogP contribution is 2.27. The lowest BCUT2D eigenvalue weighted by molar-refractivity contribution is 0.142. The van der Waals surface area contributed by atoms with Gasteiger partial charge in [0.2, 0.25) is 0 Å². The molecular weight excluding hydrogens is 454 g/mol. The van der Waals surface area contributed by atoms with E-state index >= 15 is 0 Å². The molecule has 0 fully saturated rings. The summed E-state index contributed by atoms with van der Waals surface area (Å²) in [7, 11) is 0. The molecule has 0 radical (unpaired) electrons. The molecule has 35 heavy (non-hydrogen) atoms. The first-order valence-corrected chi connectivity index (χ1v) is 10.9. The molecule has 11 heteroatoms. The molecule has 0 bridgehead atoms. The number of aliphatic hydroxyl groups is 1. The normalized spacial score (nSPS) is 11.5. The predicted molar refractivity (Wildman–Crippen MR) is 127 cm³/mol. The van der Waals surface area contributed by atoms with Gasteiger partial charge >= 0.3 is 0 Å². The molecular formula is C24H22F2N8O. The standard InChI is InChI=1S/C24H22F2N8O/c1-14-3-7-21(31-30-14)28-17-5-6-19-18(12-17)27-13-33(19)22-8-4-16(9-10-35)24(29-22)34-20(23(25)26)11-15(2)32-34/h3-8,11-13,23,35H,9-10H2,1-2H3,(H,28,31). The van der Waals surface area contributed by atoms with E-state index in [4.69, 9.17) is 0 Å². The Morgan fingerprint density at radius 3 is 2.60 bits per heavy atom. The minimum absolute atomic E-state index is 0.145. The van der Waals surface area contributed by atoms with Gasteiger partial charge < -0.3 is 10.4 Å². The van der Waals surface area contributed by atoms with E-state index in [1.807, 2.05) is 37.3 Å². The fourth-order valence-electron chi connectivity index (χ4n) is 3.83. The quantitative estimate of drug-likeness (QED) is 0.362. The first-order valence-electron chi connectivity index (χ1n) is 10.9. The number of halogens is 2. The number of aliphatic hydroxyl groups excluding tert-OH is 1. The average Bonchev–Trinajstić information content (AvgIpc) is 3.44. The van der Waals surface area contributed by atoms with E-state index in [9.17, 15) is 13.9 Å². The molecule has 0 saturated carbocycles. The lowest BCUT2D eigenvalue weighted by Gasteiger charge is -2.13. The first kappa shape index (κ1) is 22.5. The Hall–Kier alpha value is -4.25. The summed E-state index contributed by atoms with van der Waals surface area (Å²) in [5, 5.41) is 25.1. The van der Waals surface area contributed by atoms with Crippen LogP contribution in [0.25, 0.3) is 22.7 Å². The van der Waals surface area contributed by atoms with Gasteiger partial charge in [-0.2, -0.15) is 10.2 Å². The second-order valence-corrected chi connectivity index (χ2v) is 8.05. The van der Waals surface area contributed by atoms with Crippen molar-refractivity contribution in [1.29, 1.82) is 0 Å². The third-order valence-electron chi connectivity index (χ3n) is 5.47. The fraction of sp³-hybridized carbons (Fsp3) is 0.208. The van der Waals surface area contributed by atoms with Crippen LogP contribution in [0.3, 0.4) is 0 Å². The molecule has 4 heterocycles. The number of aromatic nitrogens is 7. The summed E-state index contributed by atoms with van der Waals surface area (Å²) < 4.78 is 30.3. The van der Waals surface area contributed by atoms with Crippen LogP contribution in [0.2, 0.25) is 0 Å². The Kier molecular flexibility index (Phi) is 5.91. The lowest BCUT2D eigenvalue weighted by Crippen LogP contribution is -2.11. The lowest BCUT2D eigenvalue weighted by atomic mass is 10.2. The molecule has 0 aliphatic carbocycles. The summed E-state index contributed by atoms with van der Waals surface area (Å²) in [6.07, 6.45) is -0.839. The number of pyridine rings is 1. The molecule has 0 saturated heterocycles. The average molecular weight is 476 g/mol. The number of hydrogen-bond acceptors (Lipinski definition) is 7. The Morgan fingerprint density at radius 1 is 1.00 bits per heavy atom. The van der Waals surface area contributed by atoms with Gasteiger partial charge in [0.15, 0.2) is 11.6 Å². The van der Waals surface area contributed by atoms with Crippen molar-refractivity contribution in [2.45, 2.75) is 26.7 Å². The maximum Gasteiger partial charge on any atom is 0.280 e. The number of imidazole rings is 1. The van der Waals surface area contributed by atoms with Crippen LogP contribution in [0, 0.1) is 13.8 Å². The fourth-order valence-corrected chi connectivity index (χ4v) is 3.83. The zero-order chi connectivity index (χ0) is 24.5. The molecule has 178 valence electrons. The Labute approximate surface area is 199 Å². The summed E-state index contributed by atoms with van der Waals surface area (Å²) in [4.78, 5) is 9.14. The summed E-state index contributed by atoms with van der Waals surface area (Å²) >= 11 is 0. The minimum atomic E-state index is -2.72. The highest BCUT2D eigenvalue weighted by Gasteiger charge is 2.20. The summed E-state index contributed by atoms with van der Waals surface area (Å²) in [5.74, 6) is 1.35. The highest BCUT2D eigenvalue weighted by molar-refractivity contribution is 5.82. The van der Waals surface area contributed by atoms with E-state index in [0.717, 1.165) is 21.6 Å². The van der Waals surface area contributed by atoms with Gasteiger partial charge in [-0.1, -0.05) is 6.07 Å². The van der Waals surface area contributed by atoms with E-state index in [1.165, 1.54) is 6.07 Å². The third-order valence-corrected chi connectivity index (χ3v) is 5.47. The third kappa shape index (κ3) is 4.45. The summed E-state index contributed by atoms with van der Waals surface area (Å²) in [5.41, 5.74) is 3.92. The number of anilines is 2. The summed E-state index contributed by atoms with van der Waals surface area (Å²) in [6.45, 7) is 3.37. The molecule has 4 aromatic heterocycles. The van der Waals surface area contributed by atoms with Crippen molar-refractivity contribution in [2.24, 2.45) is 0 Å². The molecule has 0 spiro atoms. The van der Waals surface area contributed by atoms with Gasteiger partial charge in [-0.05, 0) is 68.3 Å². The smallest absolute Gasteiger partial charge is 0.280 e. The van der Waals surface area contributed by atoms with Crippen molar-refractivity contribution in [3.63, 3.8) is 0 Å². The number of hydrogen-bond donors (Lipinski definition) is 2. The van der Waals surface area contributed by atoms with E-state index in [0.29, 0.717) is 28.4 Å². The number of nitrogens with one attached hydrogen (secondary N) is 1. The van der Waals surface area contributed by atoms with Gasteiger partial charge in [0.25, 0.3) is 6.43 Å². The van der Waals surface area contributed by atoms with Crippen LogP contribution in [-0.2, 0) is 6.42 Å². The van der Waals surface area contributed by atoms with Crippen LogP contribution in [0.1, 0.15) is 29.1 Å². The second kappa shape index (κ2) is 9.18. The van der Waals surface area contributed by atoms with Gasteiger partial charge in [0, 0.05) is 12.3 Å². The number of rotatable bonds is 7. The van der Waals surface area contributed by atoms with Crippen LogP contribution in [0.5, 0.6) is 0 Å². The Morgan fingerprint density at radius 2 is 1.86 bits per heavy atom. The minimum Gasteiger partial charge on any atom is -0.396 e. The van der Waals surface area contributed by atoms with Crippen molar-refractivity contribution in [3.05, 3.63) is 77.5 Å². The number of fused-ring (bicyclic) bond motifs is 1. The van der Waals surface area contributed by atoms with E-state index in [1.54, 1.807) is 30.0 Å². The SMILES string of the molecule is Cc1ccc(Nc2ccc3c(c2)ncn3-c2ccc(CCO)c(-n3nc(C)cc3C(F)F)n2)nn1. The van der Waals surface area contributed by atoms with Crippen molar-refractivity contribution in [3.8, 4) is 11.6 Å². The van der Waals surface area contributed by atoms with Crippen molar-refractivity contribution in [1.82, 2.24) is 34.5 Å². The van der Waals surface area contributed by atoms with Gasteiger partial charge in [-0.15, -0.1) is 5.10 Å². The Bertz CT molecular complexity index is 1490. The molecule has 0 aliphatic rings. The maximum atomic E-state index is 13.7. The monoisotopic (exact) mass is 476 g/mol. The molecule has 9 nitrogen and oxygen atoms in total. The predicted octanol–water partition coefficient (Wildman–Crippen LogP) is 4.23. The van der Waals surface area contributed by atoms with Crippen molar-refractivity contribution < 1.29 is 13.9 Å². The van der Waals surface area contributed by atoms with Crippen LogP contribution in [0.15, 0.2) is 54.9 Å². The van der Waals surface area contributed by atoms with Crippen LogP contribution in [-0.4, -0.2) is 46.2 Å². The van der Waals surface area contributed by atoms with Gasteiger partial charge in [-0.25, -0.2) is 23.4 Å². The molecule has 0 unspecified atom stereocenters. The zero-order valence-corrected chi connectivity index (χ0v) is 19.0. The Balaban J connectivity index is 1.54. The first-order chi connectivity index (χ1) is 16.9. The molecule has 0 atom stereocenters. The van der Waals surface area contributed by atoms with Gasteiger partial charge in [0.05, 0.1) is 22.4 Å². The maximum absolute atomic E-state index is 13.7. The largest absolute Gasteiger partial charge is 0.396 e. The van der Waals surface area contributed by atoms with Crippen molar-refractivity contribution >= 4 is 22.5 Å². The van der Waals surface area contributed by atoms with Crippen LogP contribution in [0.4, 0.5) is 20.3 Å². The van der Waals surface area contributed by atoms with Gasteiger partial charge in [-0.3, -0.25) is 4.57 Å². The van der Waals surface area contributed by atoms with Crippen LogP contribution >= 0.6 is 0 Å². The van der Waals surface area contributed by atoms with E-state index in [-0.39, 0.29) is 24.5 Å². The topological polar surface area (TPSA) is 107 Å². The number of alkyl halides is 2. The molecule has 5 rings (SSSR count). The second-order valence-electron chi connectivity index (χ2n) is 8.05. The van der Waals surface area contributed by atoms with E-state index < -0.39 is 6.43 Å². The van der Waals surface area contributed by atoms with Gasteiger partial charge in [0.1, 0.15) is 17.8 Å². The number of aryl methyl sites for hydroxylation is 2. The van der Waals surface area contributed by atoms with Crippen LogP contribution < -0.4 is 5.32 Å². The highest BCUT2D eigenvalue weighted by atomic mass is 19.3.